The number of hydrogen-bond acceptors (Lipinski definition) is 4. The Morgan fingerprint density at radius 2 is 2.12 bits per heavy atom. The fourth-order valence-corrected chi connectivity index (χ4v) is 3.44. The molecule has 1 aliphatic rings. The van der Waals surface area contributed by atoms with E-state index in [1.807, 2.05) is 6.92 Å². The zero-order valence-corrected chi connectivity index (χ0v) is 11.1. The topological polar surface area (TPSA) is 106 Å². The summed E-state index contributed by atoms with van der Waals surface area (Å²) in [6.45, 7) is 2.30. The Hall–Kier alpha value is -0.660. The van der Waals surface area contributed by atoms with Crippen molar-refractivity contribution in [1.29, 1.82) is 0 Å². The van der Waals surface area contributed by atoms with Crippen molar-refractivity contribution in [3.05, 3.63) is 0 Å². The van der Waals surface area contributed by atoms with E-state index in [1.165, 1.54) is 4.31 Å². The lowest BCUT2D eigenvalue weighted by molar-refractivity contribution is -0.123. The lowest BCUT2D eigenvalue weighted by atomic mass is 9.85. The quantitative estimate of drug-likeness (QED) is 0.696. The number of carbonyl (C=O) groups excluding carboxylic acids is 1. The summed E-state index contributed by atoms with van der Waals surface area (Å²) in [5, 5.41) is 0. The maximum Gasteiger partial charge on any atom is 0.235 e. The van der Waals surface area contributed by atoms with Crippen LogP contribution in [0.2, 0.25) is 0 Å². The molecule has 4 N–H and O–H groups in total. The molecule has 0 aromatic heterocycles. The molecule has 0 aromatic rings. The molecule has 0 spiro atoms. The van der Waals surface area contributed by atoms with Crippen LogP contribution in [0.4, 0.5) is 0 Å². The van der Waals surface area contributed by atoms with Gasteiger partial charge >= 0.3 is 0 Å². The number of amides is 1. The second-order valence-corrected chi connectivity index (χ2v) is 6.58. The Balaban J connectivity index is 2.86. The highest BCUT2D eigenvalue weighted by Crippen LogP contribution is 2.27. The lowest BCUT2D eigenvalue weighted by Gasteiger charge is -2.38. The summed E-state index contributed by atoms with van der Waals surface area (Å²) in [7, 11) is -3.38. The SMILES string of the molecule is CC[C@H](N)[C@@H]1CCN(S(C)(=O)=O)[C@@H](C(N)=O)C1. The van der Waals surface area contributed by atoms with Crippen molar-refractivity contribution in [3.63, 3.8) is 0 Å². The van der Waals surface area contributed by atoms with Crippen LogP contribution in [-0.4, -0.2) is 43.5 Å². The van der Waals surface area contributed by atoms with E-state index in [0.717, 1.165) is 12.7 Å². The average molecular weight is 263 g/mol. The van der Waals surface area contributed by atoms with E-state index >= 15 is 0 Å². The van der Waals surface area contributed by atoms with Crippen LogP contribution in [0.5, 0.6) is 0 Å². The van der Waals surface area contributed by atoms with E-state index in [2.05, 4.69) is 0 Å². The van der Waals surface area contributed by atoms with Crippen LogP contribution in [-0.2, 0) is 14.8 Å². The van der Waals surface area contributed by atoms with Gasteiger partial charge < -0.3 is 11.5 Å². The van der Waals surface area contributed by atoms with Crippen molar-refractivity contribution < 1.29 is 13.2 Å². The summed E-state index contributed by atoms with van der Waals surface area (Å²) >= 11 is 0. The average Bonchev–Trinajstić information content (AvgIpc) is 2.25. The van der Waals surface area contributed by atoms with E-state index in [-0.39, 0.29) is 12.0 Å². The molecule has 1 heterocycles. The highest BCUT2D eigenvalue weighted by molar-refractivity contribution is 7.88. The van der Waals surface area contributed by atoms with Crippen LogP contribution in [0, 0.1) is 5.92 Å². The van der Waals surface area contributed by atoms with Crippen LogP contribution in [0.3, 0.4) is 0 Å². The fourth-order valence-electron chi connectivity index (χ4n) is 2.35. The molecule has 3 atom stereocenters. The van der Waals surface area contributed by atoms with E-state index in [1.54, 1.807) is 0 Å². The Kier molecular flexibility index (Phi) is 4.51. The molecule has 17 heavy (non-hydrogen) atoms. The first-order valence-corrected chi connectivity index (χ1v) is 7.64. The predicted molar refractivity (Wildman–Crippen MR) is 65.5 cm³/mol. The van der Waals surface area contributed by atoms with E-state index in [4.69, 9.17) is 11.5 Å². The molecule has 7 heteroatoms. The monoisotopic (exact) mass is 263 g/mol. The molecule has 0 bridgehead atoms. The summed E-state index contributed by atoms with van der Waals surface area (Å²) in [6, 6.07) is -0.750. The first-order chi connectivity index (χ1) is 7.77. The van der Waals surface area contributed by atoms with Gasteiger partial charge in [-0.2, -0.15) is 4.31 Å². The molecule has 1 aliphatic heterocycles. The molecule has 1 saturated heterocycles. The van der Waals surface area contributed by atoms with Gasteiger partial charge in [0, 0.05) is 12.6 Å². The number of piperidine rings is 1. The van der Waals surface area contributed by atoms with Gasteiger partial charge in [-0.1, -0.05) is 6.92 Å². The van der Waals surface area contributed by atoms with Crippen LogP contribution in [0.25, 0.3) is 0 Å². The van der Waals surface area contributed by atoms with Crippen LogP contribution < -0.4 is 11.5 Å². The van der Waals surface area contributed by atoms with E-state index < -0.39 is 22.0 Å². The summed E-state index contributed by atoms with van der Waals surface area (Å²) in [5.74, 6) is -0.432. The maximum absolute atomic E-state index is 11.5. The number of primary amides is 1. The molecule has 1 fully saturated rings. The molecule has 0 aromatic carbocycles. The first-order valence-electron chi connectivity index (χ1n) is 5.79. The van der Waals surface area contributed by atoms with Crippen LogP contribution >= 0.6 is 0 Å². The van der Waals surface area contributed by atoms with Crippen molar-refractivity contribution in [2.24, 2.45) is 17.4 Å². The predicted octanol–water partition coefficient (Wildman–Crippen LogP) is -0.751. The number of nitrogens with two attached hydrogens (primary N) is 2. The highest BCUT2D eigenvalue weighted by atomic mass is 32.2. The van der Waals surface area contributed by atoms with Crippen LogP contribution in [0.1, 0.15) is 26.2 Å². The summed E-state index contributed by atoms with van der Waals surface area (Å²) < 4.78 is 24.3. The zero-order valence-electron chi connectivity index (χ0n) is 10.3. The van der Waals surface area contributed by atoms with Crippen LogP contribution in [0.15, 0.2) is 0 Å². The third kappa shape index (κ3) is 3.40. The third-order valence-corrected chi connectivity index (χ3v) is 4.71. The number of nitrogens with zero attached hydrogens (tertiary/aromatic N) is 1. The second-order valence-electron chi connectivity index (χ2n) is 4.65. The Morgan fingerprint density at radius 1 is 1.53 bits per heavy atom. The van der Waals surface area contributed by atoms with Gasteiger partial charge in [-0.15, -0.1) is 0 Å². The minimum Gasteiger partial charge on any atom is -0.368 e. The number of hydrogen-bond donors (Lipinski definition) is 2. The number of carbonyl (C=O) groups is 1. The third-order valence-electron chi connectivity index (χ3n) is 3.43. The minimum atomic E-state index is -3.38. The van der Waals surface area contributed by atoms with Gasteiger partial charge in [0.15, 0.2) is 0 Å². The molecule has 0 unspecified atom stereocenters. The lowest BCUT2D eigenvalue weighted by Crippen LogP contribution is -2.54. The molecule has 1 rings (SSSR count). The molecular weight excluding hydrogens is 242 g/mol. The number of sulfonamides is 1. The minimum absolute atomic E-state index is 0.00133. The van der Waals surface area contributed by atoms with Gasteiger partial charge in [0.25, 0.3) is 0 Å². The zero-order chi connectivity index (χ0) is 13.2. The molecule has 0 aliphatic carbocycles. The van der Waals surface area contributed by atoms with Crippen molar-refractivity contribution in [2.75, 3.05) is 12.8 Å². The molecule has 100 valence electrons. The van der Waals surface area contributed by atoms with Crippen molar-refractivity contribution in [2.45, 2.75) is 38.3 Å². The van der Waals surface area contributed by atoms with Crippen molar-refractivity contribution in [1.82, 2.24) is 4.31 Å². The second kappa shape index (κ2) is 5.32. The molecule has 6 nitrogen and oxygen atoms in total. The summed E-state index contributed by atoms with van der Waals surface area (Å²) in [5.41, 5.74) is 11.2. The van der Waals surface area contributed by atoms with E-state index in [9.17, 15) is 13.2 Å². The molecule has 0 radical (unpaired) electrons. The summed E-state index contributed by atoms with van der Waals surface area (Å²) in [6.07, 6.45) is 3.03. The largest absolute Gasteiger partial charge is 0.368 e. The molecular formula is C10H21N3O3S. The highest BCUT2D eigenvalue weighted by Gasteiger charge is 2.38. The van der Waals surface area contributed by atoms with Gasteiger partial charge in [-0.05, 0) is 25.2 Å². The Labute approximate surface area is 102 Å². The fraction of sp³-hybridized carbons (Fsp3) is 0.900. The van der Waals surface area contributed by atoms with Gasteiger partial charge in [0.2, 0.25) is 15.9 Å². The van der Waals surface area contributed by atoms with E-state index in [0.29, 0.717) is 19.4 Å². The summed E-state index contributed by atoms with van der Waals surface area (Å²) in [4.78, 5) is 11.3. The van der Waals surface area contributed by atoms with Gasteiger partial charge in [-0.25, -0.2) is 8.42 Å². The van der Waals surface area contributed by atoms with Gasteiger partial charge in [0.05, 0.1) is 6.26 Å². The maximum atomic E-state index is 11.5. The molecule has 0 saturated carbocycles. The Morgan fingerprint density at radius 3 is 2.53 bits per heavy atom. The molecule has 1 amide bonds. The first kappa shape index (κ1) is 14.4. The Bertz CT molecular complexity index is 382. The normalized spacial score (nSPS) is 28.9. The van der Waals surface area contributed by atoms with Gasteiger partial charge in [0.1, 0.15) is 6.04 Å². The van der Waals surface area contributed by atoms with Gasteiger partial charge in [-0.3, -0.25) is 4.79 Å². The number of rotatable bonds is 4. The van der Waals surface area contributed by atoms with Crippen molar-refractivity contribution in [3.8, 4) is 0 Å². The smallest absolute Gasteiger partial charge is 0.235 e. The standard InChI is InChI=1S/C10H21N3O3S/c1-3-8(11)7-4-5-13(17(2,15)16)9(6-7)10(12)14/h7-9H,3-6,11H2,1-2H3,(H2,12,14)/t7-,8+,9-/m1/s1. The van der Waals surface area contributed by atoms with Crippen molar-refractivity contribution >= 4 is 15.9 Å².